The molecule has 2 heterocycles. The number of likely N-dealkylation sites (tertiary alicyclic amines) is 1. The Hall–Kier alpha value is -2.38. The van der Waals surface area contributed by atoms with E-state index in [-0.39, 0.29) is 16.7 Å². The first kappa shape index (κ1) is 23.8. The number of carbonyl (C=O) groups excluding carboxylic acids is 1. The SMILES string of the molecule is COc1ccc(C)cc1S(=O)(=O)N1CCC(C(=O)N2CCC(Cc3ccccc3)CC2)CC1. The van der Waals surface area contributed by atoms with Crippen LogP contribution in [0.25, 0.3) is 0 Å². The van der Waals surface area contributed by atoms with Crippen LogP contribution in [0.15, 0.2) is 53.4 Å². The third-order valence-electron chi connectivity index (χ3n) is 7.03. The van der Waals surface area contributed by atoms with Crippen molar-refractivity contribution in [2.45, 2.75) is 43.9 Å². The fourth-order valence-electron chi connectivity index (χ4n) is 5.03. The predicted molar refractivity (Wildman–Crippen MR) is 129 cm³/mol. The summed E-state index contributed by atoms with van der Waals surface area (Å²) in [6, 6.07) is 15.7. The van der Waals surface area contributed by atoms with Crippen LogP contribution in [0.5, 0.6) is 5.75 Å². The molecule has 2 aliphatic rings. The maximum Gasteiger partial charge on any atom is 0.246 e. The molecule has 0 aromatic heterocycles. The highest BCUT2D eigenvalue weighted by molar-refractivity contribution is 7.89. The number of hydrogen-bond donors (Lipinski definition) is 0. The van der Waals surface area contributed by atoms with Crippen molar-refractivity contribution in [2.24, 2.45) is 11.8 Å². The number of ether oxygens (including phenoxy) is 1. The van der Waals surface area contributed by atoms with Crippen LogP contribution in [0.3, 0.4) is 0 Å². The van der Waals surface area contributed by atoms with Gasteiger partial charge in [-0.25, -0.2) is 8.42 Å². The number of aryl methyl sites for hydroxylation is 1. The lowest BCUT2D eigenvalue weighted by molar-refractivity contribution is -0.138. The average molecular weight is 471 g/mol. The maximum atomic E-state index is 13.2. The molecule has 4 rings (SSSR count). The molecule has 0 saturated carbocycles. The lowest BCUT2D eigenvalue weighted by atomic mass is 9.89. The molecule has 0 atom stereocenters. The normalized spacial score (nSPS) is 18.9. The van der Waals surface area contributed by atoms with Gasteiger partial charge in [-0.05, 0) is 68.2 Å². The van der Waals surface area contributed by atoms with Gasteiger partial charge >= 0.3 is 0 Å². The highest BCUT2D eigenvalue weighted by Crippen LogP contribution is 2.31. The summed E-state index contributed by atoms with van der Waals surface area (Å²) < 4.78 is 33.3. The van der Waals surface area contributed by atoms with Crippen molar-refractivity contribution in [3.05, 3.63) is 59.7 Å². The zero-order chi connectivity index (χ0) is 23.4. The molecule has 2 aromatic carbocycles. The van der Waals surface area contributed by atoms with Crippen molar-refractivity contribution < 1.29 is 17.9 Å². The molecule has 0 radical (unpaired) electrons. The summed E-state index contributed by atoms with van der Waals surface area (Å²) in [5.41, 5.74) is 2.23. The lowest BCUT2D eigenvalue weighted by Crippen LogP contribution is -2.46. The van der Waals surface area contributed by atoms with Gasteiger partial charge in [-0.2, -0.15) is 4.31 Å². The van der Waals surface area contributed by atoms with E-state index in [0.717, 1.165) is 37.9 Å². The molecule has 7 heteroatoms. The van der Waals surface area contributed by atoms with Gasteiger partial charge in [-0.3, -0.25) is 4.79 Å². The fourth-order valence-corrected chi connectivity index (χ4v) is 6.74. The van der Waals surface area contributed by atoms with Gasteiger partial charge in [0.15, 0.2) is 0 Å². The first-order valence-corrected chi connectivity index (χ1v) is 13.3. The molecule has 0 N–H and O–H groups in total. The molecule has 2 aromatic rings. The van der Waals surface area contributed by atoms with Crippen LogP contribution in [0.1, 0.15) is 36.8 Å². The maximum absolute atomic E-state index is 13.2. The highest BCUT2D eigenvalue weighted by atomic mass is 32.2. The minimum Gasteiger partial charge on any atom is -0.495 e. The number of piperidine rings is 2. The molecule has 0 aliphatic carbocycles. The van der Waals surface area contributed by atoms with E-state index in [1.54, 1.807) is 12.1 Å². The van der Waals surface area contributed by atoms with E-state index in [1.807, 2.05) is 24.0 Å². The number of nitrogens with zero attached hydrogens (tertiary/aromatic N) is 2. The summed E-state index contributed by atoms with van der Waals surface area (Å²) in [4.78, 5) is 15.3. The molecule has 1 amide bonds. The van der Waals surface area contributed by atoms with Crippen molar-refractivity contribution in [3.63, 3.8) is 0 Å². The van der Waals surface area contributed by atoms with Crippen LogP contribution in [0.2, 0.25) is 0 Å². The Labute approximate surface area is 197 Å². The number of methoxy groups -OCH3 is 1. The monoisotopic (exact) mass is 470 g/mol. The zero-order valence-corrected chi connectivity index (χ0v) is 20.4. The topological polar surface area (TPSA) is 66.9 Å². The Bertz CT molecular complexity index is 1050. The van der Waals surface area contributed by atoms with Gasteiger partial charge < -0.3 is 9.64 Å². The van der Waals surface area contributed by atoms with E-state index < -0.39 is 10.0 Å². The number of rotatable bonds is 6. The average Bonchev–Trinajstić information content (AvgIpc) is 2.85. The molecule has 0 bridgehead atoms. The van der Waals surface area contributed by atoms with Gasteiger partial charge in [0, 0.05) is 32.1 Å². The molecule has 0 unspecified atom stereocenters. The summed E-state index contributed by atoms with van der Waals surface area (Å²) in [5, 5.41) is 0. The van der Waals surface area contributed by atoms with E-state index >= 15 is 0 Å². The zero-order valence-electron chi connectivity index (χ0n) is 19.6. The smallest absolute Gasteiger partial charge is 0.246 e. The Morgan fingerprint density at radius 3 is 2.27 bits per heavy atom. The summed E-state index contributed by atoms with van der Waals surface area (Å²) >= 11 is 0. The Morgan fingerprint density at radius 1 is 0.970 bits per heavy atom. The molecular formula is C26H34N2O4S. The molecule has 2 aliphatic heterocycles. The van der Waals surface area contributed by atoms with Crippen molar-refractivity contribution in [3.8, 4) is 5.75 Å². The first-order chi connectivity index (χ1) is 15.9. The van der Waals surface area contributed by atoms with Crippen LogP contribution in [-0.2, 0) is 21.2 Å². The third-order valence-corrected chi connectivity index (χ3v) is 8.95. The fraction of sp³-hybridized carbons (Fsp3) is 0.500. The second kappa shape index (κ2) is 10.3. The van der Waals surface area contributed by atoms with E-state index in [1.165, 1.54) is 17.0 Å². The second-order valence-corrected chi connectivity index (χ2v) is 11.2. The van der Waals surface area contributed by atoms with Crippen LogP contribution in [-0.4, -0.2) is 56.8 Å². The predicted octanol–water partition coefficient (Wildman–Crippen LogP) is 3.89. The quantitative estimate of drug-likeness (QED) is 0.643. The van der Waals surface area contributed by atoms with E-state index in [2.05, 4.69) is 24.3 Å². The molecule has 2 fully saturated rings. The Kier molecular flexibility index (Phi) is 7.39. The number of carbonyl (C=O) groups is 1. The van der Waals surface area contributed by atoms with Gasteiger partial charge in [-0.1, -0.05) is 36.4 Å². The number of amides is 1. The summed E-state index contributed by atoms with van der Waals surface area (Å²) in [6.07, 6.45) is 4.26. The molecule has 33 heavy (non-hydrogen) atoms. The largest absolute Gasteiger partial charge is 0.495 e. The number of benzene rings is 2. The van der Waals surface area contributed by atoms with Crippen LogP contribution in [0.4, 0.5) is 0 Å². The Morgan fingerprint density at radius 2 is 1.64 bits per heavy atom. The minimum atomic E-state index is -3.65. The van der Waals surface area contributed by atoms with Gasteiger partial charge in [0.05, 0.1) is 7.11 Å². The van der Waals surface area contributed by atoms with Gasteiger partial charge in [-0.15, -0.1) is 0 Å². The van der Waals surface area contributed by atoms with Crippen molar-refractivity contribution in [2.75, 3.05) is 33.3 Å². The lowest BCUT2D eigenvalue weighted by Gasteiger charge is -2.37. The molecular weight excluding hydrogens is 436 g/mol. The molecule has 178 valence electrons. The standard InChI is InChI=1S/C26H34N2O4S/c1-20-8-9-24(32-2)25(18-20)33(30,31)28-16-12-23(13-17-28)26(29)27-14-10-22(11-15-27)19-21-6-4-3-5-7-21/h3-9,18,22-23H,10-17,19H2,1-2H3. The summed E-state index contributed by atoms with van der Waals surface area (Å²) in [7, 11) is -2.17. The molecule has 0 spiro atoms. The second-order valence-electron chi connectivity index (χ2n) is 9.29. The molecule has 6 nitrogen and oxygen atoms in total. The van der Waals surface area contributed by atoms with Crippen molar-refractivity contribution >= 4 is 15.9 Å². The summed E-state index contributed by atoms with van der Waals surface area (Å²) in [5.74, 6) is 1.07. The van der Waals surface area contributed by atoms with Crippen LogP contribution in [0, 0.1) is 18.8 Å². The van der Waals surface area contributed by atoms with Crippen LogP contribution >= 0.6 is 0 Å². The van der Waals surface area contributed by atoms with E-state index in [0.29, 0.717) is 37.6 Å². The van der Waals surface area contributed by atoms with Gasteiger partial charge in [0.2, 0.25) is 15.9 Å². The van der Waals surface area contributed by atoms with Gasteiger partial charge in [0.25, 0.3) is 0 Å². The highest BCUT2D eigenvalue weighted by Gasteiger charge is 2.36. The summed E-state index contributed by atoms with van der Waals surface area (Å²) in [6.45, 7) is 4.19. The van der Waals surface area contributed by atoms with Gasteiger partial charge in [0.1, 0.15) is 10.6 Å². The number of hydrogen-bond acceptors (Lipinski definition) is 4. The Balaban J connectivity index is 1.31. The minimum absolute atomic E-state index is 0.0958. The first-order valence-electron chi connectivity index (χ1n) is 11.9. The van der Waals surface area contributed by atoms with E-state index in [9.17, 15) is 13.2 Å². The van der Waals surface area contributed by atoms with Crippen molar-refractivity contribution in [1.29, 1.82) is 0 Å². The van der Waals surface area contributed by atoms with Crippen molar-refractivity contribution in [1.82, 2.24) is 9.21 Å². The third kappa shape index (κ3) is 5.41. The molecule has 2 saturated heterocycles. The number of sulfonamides is 1. The van der Waals surface area contributed by atoms with Crippen LogP contribution < -0.4 is 4.74 Å². The van der Waals surface area contributed by atoms with E-state index in [4.69, 9.17) is 4.74 Å².